The summed E-state index contributed by atoms with van der Waals surface area (Å²) in [5.74, 6) is -0.146. The van der Waals surface area contributed by atoms with Gasteiger partial charge in [0.25, 0.3) is 0 Å². The standard InChI is InChI=1S/C19H18O2/c1-2-21-18(20)19(13-15-9-5-3-6-10-15)14-17(19)16-11-7-4-8-12-16/h3-12,14H,2,13H2,1H3. The minimum atomic E-state index is -0.585. The first kappa shape index (κ1) is 13.6. The average Bonchev–Trinajstić information content (AvgIpc) is 3.25. The lowest BCUT2D eigenvalue weighted by atomic mass is 9.89. The molecule has 106 valence electrons. The highest BCUT2D eigenvalue weighted by Gasteiger charge is 2.52. The number of hydrogen-bond donors (Lipinski definition) is 0. The average molecular weight is 278 g/mol. The Kier molecular flexibility index (Phi) is 3.61. The van der Waals surface area contributed by atoms with E-state index in [1.165, 1.54) is 0 Å². The fraction of sp³-hybridized carbons (Fsp3) is 0.211. The zero-order valence-corrected chi connectivity index (χ0v) is 12.1. The van der Waals surface area contributed by atoms with E-state index in [0.29, 0.717) is 13.0 Å². The smallest absolute Gasteiger partial charge is 0.320 e. The van der Waals surface area contributed by atoms with Crippen LogP contribution >= 0.6 is 0 Å². The first-order valence-electron chi connectivity index (χ1n) is 7.26. The number of carbonyl (C=O) groups is 1. The maximum Gasteiger partial charge on any atom is 0.320 e. The molecule has 0 spiro atoms. The fourth-order valence-electron chi connectivity index (χ4n) is 2.73. The van der Waals surface area contributed by atoms with Crippen LogP contribution in [-0.4, -0.2) is 12.6 Å². The molecule has 1 unspecified atom stereocenters. The molecule has 2 aromatic carbocycles. The van der Waals surface area contributed by atoms with Crippen LogP contribution in [-0.2, 0) is 16.0 Å². The fourth-order valence-corrected chi connectivity index (χ4v) is 2.73. The minimum Gasteiger partial charge on any atom is -0.465 e. The van der Waals surface area contributed by atoms with Crippen LogP contribution in [0.4, 0.5) is 0 Å². The van der Waals surface area contributed by atoms with Crippen LogP contribution in [0.15, 0.2) is 66.7 Å². The second-order valence-corrected chi connectivity index (χ2v) is 5.28. The number of rotatable bonds is 5. The van der Waals surface area contributed by atoms with Crippen molar-refractivity contribution in [3.8, 4) is 0 Å². The zero-order chi connectivity index (χ0) is 14.7. The van der Waals surface area contributed by atoms with Gasteiger partial charge in [0.2, 0.25) is 0 Å². The van der Waals surface area contributed by atoms with Crippen LogP contribution in [0.1, 0.15) is 18.1 Å². The summed E-state index contributed by atoms with van der Waals surface area (Å²) in [6.07, 6.45) is 2.70. The van der Waals surface area contributed by atoms with Gasteiger partial charge in [-0.15, -0.1) is 0 Å². The summed E-state index contributed by atoms with van der Waals surface area (Å²) in [6, 6.07) is 20.1. The van der Waals surface area contributed by atoms with Crippen molar-refractivity contribution in [1.29, 1.82) is 0 Å². The molecule has 0 radical (unpaired) electrons. The van der Waals surface area contributed by atoms with E-state index in [9.17, 15) is 4.79 Å². The van der Waals surface area contributed by atoms with Crippen molar-refractivity contribution < 1.29 is 9.53 Å². The first-order valence-corrected chi connectivity index (χ1v) is 7.26. The van der Waals surface area contributed by atoms with E-state index < -0.39 is 5.41 Å². The van der Waals surface area contributed by atoms with Gasteiger partial charge >= 0.3 is 5.97 Å². The maximum absolute atomic E-state index is 12.4. The molecule has 0 N–H and O–H groups in total. The molecule has 2 heteroatoms. The number of ether oxygens (including phenoxy) is 1. The van der Waals surface area contributed by atoms with Gasteiger partial charge in [0.15, 0.2) is 0 Å². The van der Waals surface area contributed by atoms with Gasteiger partial charge in [-0.3, -0.25) is 4.79 Å². The highest BCUT2D eigenvalue weighted by molar-refractivity contribution is 6.06. The Morgan fingerprint density at radius 2 is 1.62 bits per heavy atom. The molecule has 2 aromatic rings. The quantitative estimate of drug-likeness (QED) is 0.776. The molecular formula is C19H18O2. The molecule has 0 fully saturated rings. The van der Waals surface area contributed by atoms with Crippen molar-refractivity contribution in [2.24, 2.45) is 5.41 Å². The highest BCUT2D eigenvalue weighted by atomic mass is 16.5. The summed E-state index contributed by atoms with van der Waals surface area (Å²) in [4.78, 5) is 12.4. The normalized spacial score (nSPS) is 19.8. The molecule has 0 bridgehead atoms. The number of benzene rings is 2. The molecule has 3 rings (SSSR count). The van der Waals surface area contributed by atoms with Crippen LogP contribution in [0.3, 0.4) is 0 Å². The van der Waals surface area contributed by atoms with E-state index in [2.05, 4.69) is 12.1 Å². The Morgan fingerprint density at radius 3 is 2.24 bits per heavy atom. The molecule has 2 nitrogen and oxygen atoms in total. The maximum atomic E-state index is 12.4. The first-order chi connectivity index (χ1) is 10.3. The predicted molar refractivity (Wildman–Crippen MR) is 83.6 cm³/mol. The van der Waals surface area contributed by atoms with Crippen molar-refractivity contribution in [2.45, 2.75) is 13.3 Å². The molecular weight excluding hydrogens is 260 g/mol. The second-order valence-electron chi connectivity index (χ2n) is 5.28. The summed E-state index contributed by atoms with van der Waals surface area (Å²) in [5, 5.41) is 0. The lowest BCUT2D eigenvalue weighted by Crippen LogP contribution is -2.24. The van der Waals surface area contributed by atoms with E-state index in [4.69, 9.17) is 4.74 Å². The van der Waals surface area contributed by atoms with Crippen LogP contribution in [0.25, 0.3) is 5.57 Å². The summed E-state index contributed by atoms with van der Waals surface area (Å²) in [5.41, 5.74) is 2.73. The Labute approximate surface area is 125 Å². The molecule has 1 aliphatic carbocycles. The molecule has 0 aromatic heterocycles. The van der Waals surface area contributed by atoms with Gasteiger partial charge in [0, 0.05) is 0 Å². The summed E-state index contributed by atoms with van der Waals surface area (Å²) in [7, 11) is 0. The van der Waals surface area contributed by atoms with Crippen molar-refractivity contribution >= 4 is 11.5 Å². The third kappa shape index (κ3) is 2.62. The van der Waals surface area contributed by atoms with Crippen molar-refractivity contribution in [1.82, 2.24) is 0 Å². The Hall–Kier alpha value is -2.35. The monoisotopic (exact) mass is 278 g/mol. The topological polar surface area (TPSA) is 26.3 Å². The third-order valence-corrected chi connectivity index (χ3v) is 3.84. The molecule has 0 amide bonds. The summed E-state index contributed by atoms with van der Waals surface area (Å²) < 4.78 is 5.30. The van der Waals surface area contributed by atoms with Gasteiger partial charge in [-0.25, -0.2) is 0 Å². The molecule has 0 heterocycles. The van der Waals surface area contributed by atoms with E-state index in [1.807, 2.05) is 61.5 Å². The Balaban J connectivity index is 1.87. The highest BCUT2D eigenvalue weighted by Crippen LogP contribution is 2.53. The van der Waals surface area contributed by atoms with Gasteiger partial charge in [-0.1, -0.05) is 66.7 Å². The molecule has 21 heavy (non-hydrogen) atoms. The predicted octanol–water partition coefficient (Wildman–Crippen LogP) is 3.88. The van der Waals surface area contributed by atoms with Crippen molar-refractivity contribution in [3.63, 3.8) is 0 Å². The van der Waals surface area contributed by atoms with Gasteiger partial charge < -0.3 is 4.74 Å². The molecule has 0 aliphatic heterocycles. The Bertz CT molecular complexity index is 658. The molecule has 0 saturated carbocycles. The van der Waals surface area contributed by atoms with Crippen LogP contribution in [0.5, 0.6) is 0 Å². The van der Waals surface area contributed by atoms with Crippen molar-refractivity contribution in [2.75, 3.05) is 6.61 Å². The number of esters is 1. The van der Waals surface area contributed by atoms with Gasteiger partial charge in [0.05, 0.1) is 6.61 Å². The largest absolute Gasteiger partial charge is 0.465 e. The summed E-state index contributed by atoms with van der Waals surface area (Å²) >= 11 is 0. The zero-order valence-electron chi connectivity index (χ0n) is 12.1. The minimum absolute atomic E-state index is 0.146. The van der Waals surface area contributed by atoms with Gasteiger partial charge in [-0.2, -0.15) is 0 Å². The molecule has 0 saturated heterocycles. The number of hydrogen-bond acceptors (Lipinski definition) is 2. The van der Waals surface area contributed by atoms with Crippen molar-refractivity contribution in [3.05, 3.63) is 77.9 Å². The van der Waals surface area contributed by atoms with Crippen LogP contribution < -0.4 is 0 Å². The second kappa shape index (κ2) is 5.57. The molecule has 1 atom stereocenters. The molecule has 1 aliphatic rings. The SMILES string of the molecule is CCOC(=O)C1(Cc2ccccc2)C=C1c1ccccc1. The Morgan fingerprint density at radius 1 is 1.00 bits per heavy atom. The number of carbonyl (C=O) groups excluding carboxylic acids is 1. The van der Waals surface area contributed by atoms with E-state index in [0.717, 1.165) is 16.7 Å². The third-order valence-electron chi connectivity index (χ3n) is 3.84. The van der Waals surface area contributed by atoms with Gasteiger partial charge in [-0.05, 0) is 30.0 Å². The van der Waals surface area contributed by atoms with E-state index in [-0.39, 0.29) is 5.97 Å². The van der Waals surface area contributed by atoms with Crippen LogP contribution in [0.2, 0.25) is 0 Å². The van der Waals surface area contributed by atoms with Gasteiger partial charge in [0.1, 0.15) is 5.41 Å². The van der Waals surface area contributed by atoms with Crippen LogP contribution in [0, 0.1) is 5.41 Å². The lowest BCUT2D eigenvalue weighted by molar-refractivity contribution is -0.148. The van der Waals surface area contributed by atoms with E-state index in [1.54, 1.807) is 0 Å². The van der Waals surface area contributed by atoms with E-state index >= 15 is 0 Å². The lowest BCUT2D eigenvalue weighted by Gasteiger charge is -2.17. The summed E-state index contributed by atoms with van der Waals surface area (Å²) in [6.45, 7) is 2.25.